The van der Waals surface area contributed by atoms with E-state index in [2.05, 4.69) is 195 Å². The number of hydrogen-bond donors (Lipinski definition) is 0. The Morgan fingerprint density at radius 2 is 0.962 bits per heavy atom. The van der Waals surface area contributed by atoms with Crippen LogP contribution in [-0.4, -0.2) is 0 Å². The van der Waals surface area contributed by atoms with E-state index < -0.39 is 0 Å². The summed E-state index contributed by atoms with van der Waals surface area (Å²) >= 11 is 1.87. The fourth-order valence-corrected chi connectivity index (χ4v) is 10.1. The monoisotopic (exact) mass is 693 g/mol. The first kappa shape index (κ1) is 30.4. The zero-order chi connectivity index (χ0) is 35.3. The normalized spacial score (nSPS) is 13.2. The van der Waals surface area contributed by atoms with Gasteiger partial charge in [0.15, 0.2) is 0 Å². The molecule has 53 heavy (non-hydrogen) atoms. The van der Waals surface area contributed by atoms with Gasteiger partial charge in [-0.15, -0.1) is 11.3 Å². The van der Waals surface area contributed by atoms with Crippen LogP contribution in [0.1, 0.15) is 25.0 Å². The molecule has 0 fully saturated rings. The summed E-state index contributed by atoms with van der Waals surface area (Å²) in [6.45, 7) is 4.72. The van der Waals surface area contributed by atoms with E-state index in [4.69, 9.17) is 0 Å². The van der Waals surface area contributed by atoms with Crippen molar-refractivity contribution in [3.8, 4) is 22.3 Å². The molecule has 1 nitrogen and oxygen atoms in total. The molecule has 0 bridgehead atoms. The van der Waals surface area contributed by atoms with Gasteiger partial charge in [0.05, 0.1) is 0 Å². The number of thiophene rings is 1. The van der Waals surface area contributed by atoms with Gasteiger partial charge in [0.25, 0.3) is 0 Å². The van der Waals surface area contributed by atoms with Crippen molar-refractivity contribution >= 4 is 80.9 Å². The largest absolute Gasteiger partial charge is 0.310 e. The fourth-order valence-electron chi connectivity index (χ4n) is 8.94. The molecule has 9 aromatic carbocycles. The molecule has 1 heterocycles. The number of fused-ring (bicyclic) bond motifs is 11. The van der Waals surface area contributed by atoms with E-state index in [1.165, 1.54) is 91.6 Å². The van der Waals surface area contributed by atoms with Crippen LogP contribution in [0.2, 0.25) is 0 Å². The summed E-state index contributed by atoms with van der Waals surface area (Å²) in [5.74, 6) is 0. The predicted octanol–water partition coefficient (Wildman–Crippen LogP) is 15.0. The molecule has 1 aliphatic rings. The van der Waals surface area contributed by atoms with Crippen LogP contribution in [0, 0.1) is 0 Å². The maximum Gasteiger partial charge on any atom is 0.0476 e. The van der Waals surface area contributed by atoms with Gasteiger partial charge < -0.3 is 4.90 Å². The Morgan fingerprint density at radius 1 is 0.377 bits per heavy atom. The lowest BCUT2D eigenvalue weighted by atomic mass is 9.82. The Balaban J connectivity index is 1.02. The SMILES string of the molecule is CC1(C)c2ccccc2-c2ccc(N(c3ccc(-c4ccc5c(ccc6c7ccccc7ccc56)c4)cc3)c3ccc4c(c3)sc3ccccc34)cc21. The van der Waals surface area contributed by atoms with E-state index in [9.17, 15) is 0 Å². The summed E-state index contributed by atoms with van der Waals surface area (Å²) < 4.78 is 2.63. The quantitative estimate of drug-likeness (QED) is 0.166. The van der Waals surface area contributed by atoms with Gasteiger partial charge in [-0.2, -0.15) is 0 Å². The highest BCUT2D eigenvalue weighted by atomic mass is 32.1. The van der Waals surface area contributed by atoms with Crippen molar-refractivity contribution in [2.75, 3.05) is 4.90 Å². The highest BCUT2D eigenvalue weighted by molar-refractivity contribution is 7.25. The van der Waals surface area contributed by atoms with Gasteiger partial charge in [-0.3, -0.25) is 0 Å². The van der Waals surface area contributed by atoms with Crippen LogP contribution in [0.15, 0.2) is 176 Å². The first-order chi connectivity index (χ1) is 26.0. The zero-order valence-electron chi connectivity index (χ0n) is 29.6. The van der Waals surface area contributed by atoms with Crippen LogP contribution in [-0.2, 0) is 5.41 Å². The maximum absolute atomic E-state index is 2.43. The standard InChI is InChI=1S/C51H35NS/c1-51(2)47-13-7-5-11-43(47)44-27-22-37(30-48(44)51)52(38-23-28-46-45-12-6-8-14-49(45)53-50(46)31-38)36-20-15-32(16-21-36)34-18-24-40-35(29-34)19-26-41-39-10-4-3-9-33(39)17-25-42(40)41/h3-31H,1-2H3. The third-order valence-electron chi connectivity index (χ3n) is 11.6. The minimum Gasteiger partial charge on any atom is -0.310 e. The molecule has 0 radical (unpaired) electrons. The van der Waals surface area contributed by atoms with Gasteiger partial charge in [0, 0.05) is 42.6 Å². The minimum atomic E-state index is -0.0819. The minimum absolute atomic E-state index is 0.0819. The third kappa shape index (κ3) is 4.62. The molecule has 0 spiro atoms. The van der Waals surface area contributed by atoms with Crippen molar-refractivity contribution < 1.29 is 0 Å². The van der Waals surface area contributed by atoms with Gasteiger partial charge in [0.2, 0.25) is 0 Å². The van der Waals surface area contributed by atoms with Gasteiger partial charge in [-0.05, 0) is 114 Å². The Bertz CT molecular complexity index is 3090. The molecule has 0 amide bonds. The van der Waals surface area contributed by atoms with E-state index in [1.54, 1.807) is 0 Å². The third-order valence-corrected chi connectivity index (χ3v) is 12.8. The number of benzene rings is 9. The summed E-state index contributed by atoms with van der Waals surface area (Å²) in [5, 5.41) is 10.4. The summed E-state index contributed by atoms with van der Waals surface area (Å²) in [5.41, 5.74) is 11.3. The molecular weight excluding hydrogens is 659 g/mol. The molecule has 11 rings (SSSR count). The average molecular weight is 694 g/mol. The highest BCUT2D eigenvalue weighted by Crippen LogP contribution is 2.51. The average Bonchev–Trinajstić information content (AvgIpc) is 3.69. The zero-order valence-corrected chi connectivity index (χ0v) is 30.4. The van der Waals surface area contributed by atoms with Crippen molar-refractivity contribution in [1.82, 2.24) is 0 Å². The molecule has 0 N–H and O–H groups in total. The van der Waals surface area contributed by atoms with Crippen molar-refractivity contribution in [2.45, 2.75) is 19.3 Å². The Hall–Kier alpha value is -6.22. The van der Waals surface area contributed by atoms with E-state index in [-0.39, 0.29) is 5.41 Å². The number of rotatable bonds is 4. The first-order valence-corrected chi connectivity index (χ1v) is 19.2. The molecule has 0 atom stereocenters. The number of anilines is 3. The van der Waals surface area contributed by atoms with Crippen LogP contribution < -0.4 is 4.90 Å². The molecule has 1 aromatic heterocycles. The first-order valence-electron chi connectivity index (χ1n) is 18.4. The number of nitrogens with zero attached hydrogens (tertiary/aromatic N) is 1. The maximum atomic E-state index is 2.43. The van der Waals surface area contributed by atoms with Crippen LogP contribution in [0.25, 0.3) is 74.7 Å². The lowest BCUT2D eigenvalue weighted by Gasteiger charge is -2.28. The molecular formula is C51H35NS. The second kappa shape index (κ2) is 11.4. The van der Waals surface area contributed by atoms with Crippen LogP contribution in [0.3, 0.4) is 0 Å². The summed E-state index contributed by atoms with van der Waals surface area (Å²) in [7, 11) is 0. The Kier molecular flexibility index (Phi) is 6.53. The van der Waals surface area contributed by atoms with Gasteiger partial charge in [-0.25, -0.2) is 0 Å². The van der Waals surface area contributed by atoms with Crippen molar-refractivity contribution in [1.29, 1.82) is 0 Å². The summed E-state index contributed by atoms with van der Waals surface area (Å²) in [4.78, 5) is 2.43. The topological polar surface area (TPSA) is 3.24 Å². The van der Waals surface area contributed by atoms with E-state index in [1.807, 2.05) is 11.3 Å². The molecule has 1 aliphatic carbocycles. The van der Waals surface area contributed by atoms with Crippen molar-refractivity contribution in [3.05, 3.63) is 187 Å². The molecule has 10 aromatic rings. The van der Waals surface area contributed by atoms with E-state index in [0.29, 0.717) is 0 Å². The Labute approximate surface area is 313 Å². The Morgan fingerprint density at radius 3 is 1.83 bits per heavy atom. The molecule has 0 saturated carbocycles. The highest BCUT2D eigenvalue weighted by Gasteiger charge is 2.35. The molecule has 0 saturated heterocycles. The summed E-state index contributed by atoms with van der Waals surface area (Å²) in [6, 6.07) is 65.5. The lowest BCUT2D eigenvalue weighted by Crippen LogP contribution is -2.16. The second-order valence-electron chi connectivity index (χ2n) is 14.9. The van der Waals surface area contributed by atoms with Crippen LogP contribution in [0.4, 0.5) is 17.1 Å². The van der Waals surface area contributed by atoms with E-state index >= 15 is 0 Å². The molecule has 2 heteroatoms. The van der Waals surface area contributed by atoms with Crippen LogP contribution >= 0.6 is 11.3 Å². The summed E-state index contributed by atoms with van der Waals surface area (Å²) in [6.07, 6.45) is 0. The van der Waals surface area contributed by atoms with E-state index in [0.717, 1.165) is 11.4 Å². The molecule has 0 aliphatic heterocycles. The lowest BCUT2D eigenvalue weighted by molar-refractivity contribution is 0.660. The molecule has 0 unspecified atom stereocenters. The number of hydrogen-bond acceptors (Lipinski definition) is 2. The van der Waals surface area contributed by atoms with Gasteiger partial charge >= 0.3 is 0 Å². The second-order valence-corrected chi connectivity index (χ2v) is 16.0. The fraction of sp³-hybridized carbons (Fsp3) is 0.0588. The van der Waals surface area contributed by atoms with Crippen LogP contribution in [0.5, 0.6) is 0 Å². The smallest absolute Gasteiger partial charge is 0.0476 e. The van der Waals surface area contributed by atoms with Crippen molar-refractivity contribution in [2.24, 2.45) is 0 Å². The molecule has 250 valence electrons. The van der Waals surface area contributed by atoms with Gasteiger partial charge in [-0.1, -0.05) is 141 Å². The van der Waals surface area contributed by atoms with Gasteiger partial charge in [0.1, 0.15) is 0 Å². The van der Waals surface area contributed by atoms with Crippen molar-refractivity contribution in [3.63, 3.8) is 0 Å². The predicted molar refractivity (Wildman–Crippen MR) is 230 cm³/mol.